The van der Waals surface area contributed by atoms with Crippen molar-refractivity contribution in [2.24, 2.45) is 5.14 Å². The summed E-state index contributed by atoms with van der Waals surface area (Å²) in [6.45, 7) is 5.51. The van der Waals surface area contributed by atoms with E-state index in [0.29, 0.717) is 43.4 Å². The van der Waals surface area contributed by atoms with Crippen molar-refractivity contribution >= 4 is 27.3 Å². The molecule has 0 saturated heterocycles. The van der Waals surface area contributed by atoms with Gasteiger partial charge in [-0.3, -0.25) is 4.79 Å². The standard InChI is InChI=1S/C20H25N3O5S/c1-3-27-15-5-8-19(28-4-2)17(12-15)22-20(24)13-23-10-9-14-11-16(29(21,25)26)6-7-18(14)23/h5-8,11-12H,3-4,9-10,13H2,1-2H3,(H,22,24)(H2,21,25,26). The molecule has 0 aliphatic carbocycles. The number of anilines is 2. The van der Waals surface area contributed by atoms with E-state index in [1.807, 2.05) is 18.7 Å². The average Bonchev–Trinajstić information content (AvgIpc) is 3.05. The lowest BCUT2D eigenvalue weighted by molar-refractivity contribution is -0.115. The van der Waals surface area contributed by atoms with Crippen LogP contribution in [0.25, 0.3) is 0 Å². The quantitative estimate of drug-likeness (QED) is 0.678. The van der Waals surface area contributed by atoms with E-state index in [0.717, 1.165) is 11.3 Å². The third kappa shape index (κ3) is 4.99. The number of primary sulfonamides is 1. The first kappa shape index (κ1) is 20.9. The second-order valence-corrected chi connectivity index (χ2v) is 8.14. The number of ether oxygens (including phenoxy) is 2. The van der Waals surface area contributed by atoms with Crippen LogP contribution in [-0.4, -0.2) is 40.6 Å². The molecule has 0 fully saturated rings. The van der Waals surface area contributed by atoms with Crippen LogP contribution in [0.3, 0.4) is 0 Å². The Morgan fingerprint density at radius 2 is 1.90 bits per heavy atom. The van der Waals surface area contributed by atoms with Gasteiger partial charge >= 0.3 is 0 Å². The number of amides is 1. The molecule has 0 bridgehead atoms. The molecule has 156 valence electrons. The summed E-state index contributed by atoms with van der Waals surface area (Å²) in [5, 5.41) is 8.08. The molecule has 3 rings (SSSR count). The van der Waals surface area contributed by atoms with E-state index >= 15 is 0 Å². The van der Waals surface area contributed by atoms with Gasteiger partial charge in [-0.25, -0.2) is 13.6 Å². The monoisotopic (exact) mass is 419 g/mol. The van der Waals surface area contributed by atoms with Crippen molar-refractivity contribution in [2.75, 3.05) is 36.5 Å². The van der Waals surface area contributed by atoms with Crippen molar-refractivity contribution in [3.8, 4) is 11.5 Å². The molecule has 2 aromatic carbocycles. The molecule has 1 aliphatic heterocycles. The fraction of sp³-hybridized carbons (Fsp3) is 0.350. The van der Waals surface area contributed by atoms with Crippen LogP contribution in [0.15, 0.2) is 41.3 Å². The Bertz CT molecular complexity index is 1010. The maximum absolute atomic E-state index is 12.7. The van der Waals surface area contributed by atoms with Gasteiger partial charge in [-0.2, -0.15) is 0 Å². The number of benzene rings is 2. The van der Waals surface area contributed by atoms with Gasteiger partial charge in [0.15, 0.2) is 0 Å². The molecule has 9 heteroatoms. The zero-order valence-electron chi connectivity index (χ0n) is 16.5. The van der Waals surface area contributed by atoms with Crippen molar-refractivity contribution < 1.29 is 22.7 Å². The summed E-state index contributed by atoms with van der Waals surface area (Å²) in [7, 11) is -3.75. The molecule has 0 unspecified atom stereocenters. The molecule has 1 heterocycles. The van der Waals surface area contributed by atoms with Gasteiger partial charge in [-0.05, 0) is 56.2 Å². The first-order valence-electron chi connectivity index (χ1n) is 9.42. The molecule has 0 radical (unpaired) electrons. The number of carbonyl (C=O) groups is 1. The van der Waals surface area contributed by atoms with Gasteiger partial charge in [0.1, 0.15) is 11.5 Å². The van der Waals surface area contributed by atoms with Gasteiger partial charge in [-0.15, -0.1) is 0 Å². The number of fused-ring (bicyclic) bond motifs is 1. The molecule has 29 heavy (non-hydrogen) atoms. The molecule has 0 saturated carbocycles. The summed E-state index contributed by atoms with van der Waals surface area (Å²) < 4.78 is 34.2. The van der Waals surface area contributed by atoms with Gasteiger partial charge in [-0.1, -0.05) is 0 Å². The van der Waals surface area contributed by atoms with E-state index in [9.17, 15) is 13.2 Å². The minimum Gasteiger partial charge on any atom is -0.494 e. The van der Waals surface area contributed by atoms with Gasteiger partial charge in [0.05, 0.1) is 30.3 Å². The molecule has 2 aromatic rings. The fourth-order valence-corrected chi connectivity index (χ4v) is 3.86. The van der Waals surface area contributed by atoms with E-state index in [-0.39, 0.29) is 17.3 Å². The molecular weight excluding hydrogens is 394 g/mol. The van der Waals surface area contributed by atoms with E-state index in [1.165, 1.54) is 6.07 Å². The topological polar surface area (TPSA) is 111 Å². The average molecular weight is 420 g/mol. The highest BCUT2D eigenvalue weighted by Gasteiger charge is 2.23. The normalized spacial score (nSPS) is 13.1. The Balaban J connectivity index is 1.73. The fourth-order valence-electron chi connectivity index (χ4n) is 3.30. The molecule has 8 nitrogen and oxygen atoms in total. The van der Waals surface area contributed by atoms with Gasteiger partial charge in [0, 0.05) is 18.3 Å². The highest BCUT2D eigenvalue weighted by molar-refractivity contribution is 7.89. The lowest BCUT2D eigenvalue weighted by Crippen LogP contribution is -2.32. The number of carbonyl (C=O) groups excluding carboxylic acids is 1. The first-order valence-corrected chi connectivity index (χ1v) is 11.0. The molecule has 3 N–H and O–H groups in total. The van der Waals surface area contributed by atoms with Crippen LogP contribution in [-0.2, 0) is 21.2 Å². The first-order chi connectivity index (χ1) is 13.8. The molecule has 0 atom stereocenters. The van der Waals surface area contributed by atoms with Gasteiger partial charge in [0.2, 0.25) is 15.9 Å². The Labute approximate surface area is 170 Å². The number of nitrogens with two attached hydrogens (primary N) is 1. The summed E-state index contributed by atoms with van der Waals surface area (Å²) in [6.07, 6.45) is 0.649. The summed E-state index contributed by atoms with van der Waals surface area (Å²) >= 11 is 0. The Morgan fingerprint density at radius 1 is 1.14 bits per heavy atom. The highest BCUT2D eigenvalue weighted by Crippen LogP contribution is 2.31. The minimum absolute atomic E-state index is 0.0802. The molecule has 0 spiro atoms. The molecule has 1 amide bonds. The van der Waals surface area contributed by atoms with E-state index in [1.54, 1.807) is 30.3 Å². The summed E-state index contributed by atoms with van der Waals surface area (Å²) in [6, 6.07) is 10.0. The van der Waals surface area contributed by atoms with Crippen LogP contribution in [0, 0.1) is 0 Å². The largest absolute Gasteiger partial charge is 0.494 e. The lowest BCUT2D eigenvalue weighted by Gasteiger charge is -2.20. The highest BCUT2D eigenvalue weighted by atomic mass is 32.2. The van der Waals surface area contributed by atoms with Crippen molar-refractivity contribution in [1.29, 1.82) is 0 Å². The van der Waals surface area contributed by atoms with Crippen molar-refractivity contribution in [3.63, 3.8) is 0 Å². The number of nitrogens with one attached hydrogen (secondary N) is 1. The van der Waals surface area contributed by atoms with Crippen molar-refractivity contribution in [2.45, 2.75) is 25.2 Å². The predicted octanol–water partition coefficient (Wildman–Crippen LogP) is 2.13. The zero-order valence-corrected chi connectivity index (χ0v) is 17.3. The number of sulfonamides is 1. The second-order valence-electron chi connectivity index (χ2n) is 6.58. The second kappa shape index (κ2) is 8.71. The number of hydrogen-bond donors (Lipinski definition) is 2. The van der Waals surface area contributed by atoms with E-state index in [4.69, 9.17) is 14.6 Å². The van der Waals surface area contributed by atoms with E-state index < -0.39 is 10.0 Å². The Hall–Kier alpha value is -2.78. The number of rotatable bonds is 8. The summed E-state index contributed by atoms with van der Waals surface area (Å²) in [5.41, 5.74) is 2.24. The zero-order chi connectivity index (χ0) is 21.0. The minimum atomic E-state index is -3.75. The Morgan fingerprint density at radius 3 is 2.59 bits per heavy atom. The summed E-state index contributed by atoms with van der Waals surface area (Å²) in [5.74, 6) is 1.01. The van der Waals surface area contributed by atoms with Crippen molar-refractivity contribution in [1.82, 2.24) is 0 Å². The molecule has 1 aliphatic rings. The number of hydrogen-bond acceptors (Lipinski definition) is 6. The third-order valence-electron chi connectivity index (χ3n) is 4.54. The third-order valence-corrected chi connectivity index (χ3v) is 5.45. The maximum Gasteiger partial charge on any atom is 0.243 e. The lowest BCUT2D eigenvalue weighted by atomic mass is 10.2. The van der Waals surface area contributed by atoms with E-state index in [2.05, 4.69) is 5.32 Å². The molecule has 0 aromatic heterocycles. The van der Waals surface area contributed by atoms with Crippen LogP contribution in [0.4, 0.5) is 11.4 Å². The number of nitrogens with zero attached hydrogens (tertiary/aromatic N) is 1. The maximum atomic E-state index is 12.7. The molecular formula is C20H25N3O5S. The van der Waals surface area contributed by atoms with Gasteiger partial charge < -0.3 is 19.7 Å². The smallest absolute Gasteiger partial charge is 0.243 e. The SMILES string of the molecule is CCOc1ccc(OCC)c(NC(=O)CN2CCc3cc(S(N)(=O)=O)ccc32)c1. The van der Waals surface area contributed by atoms with Gasteiger partial charge in [0.25, 0.3) is 0 Å². The predicted molar refractivity (Wildman–Crippen MR) is 111 cm³/mol. The van der Waals surface area contributed by atoms with Crippen LogP contribution < -0.4 is 24.8 Å². The summed E-state index contributed by atoms with van der Waals surface area (Å²) in [4.78, 5) is 14.7. The van der Waals surface area contributed by atoms with Crippen LogP contribution in [0.1, 0.15) is 19.4 Å². The van der Waals surface area contributed by atoms with Crippen molar-refractivity contribution in [3.05, 3.63) is 42.0 Å². The van der Waals surface area contributed by atoms with Crippen LogP contribution in [0.5, 0.6) is 11.5 Å². The Kier molecular flexibility index (Phi) is 6.29. The van der Waals surface area contributed by atoms with Crippen LogP contribution >= 0.6 is 0 Å². The van der Waals surface area contributed by atoms with Crippen LogP contribution in [0.2, 0.25) is 0 Å².